The second kappa shape index (κ2) is 11.5. The van der Waals surface area contributed by atoms with Crippen molar-refractivity contribution in [1.29, 1.82) is 0 Å². The van der Waals surface area contributed by atoms with Crippen LogP contribution in [0.3, 0.4) is 0 Å². The van der Waals surface area contributed by atoms with E-state index in [2.05, 4.69) is 22.5 Å². The Bertz CT molecular complexity index is 878. The standard InChI is InChI=1S/C24H30N4O2S/c1-2-3-5-10-22(29)26-24(31)25-20-11-13-21(14-12-20)27-15-17-28(18-16-27)23(30)19-8-6-4-7-9-19/h4,6-9,11-14H,2-3,5,10,15-18H2,1H3,(H2,25,26,29,31). The number of piperazine rings is 1. The summed E-state index contributed by atoms with van der Waals surface area (Å²) in [7, 11) is 0. The van der Waals surface area contributed by atoms with Gasteiger partial charge in [0.05, 0.1) is 0 Å². The predicted molar refractivity (Wildman–Crippen MR) is 130 cm³/mol. The molecule has 1 aliphatic rings. The zero-order valence-electron chi connectivity index (χ0n) is 18.0. The van der Waals surface area contributed by atoms with Crippen LogP contribution < -0.4 is 15.5 Å². The highest BCUT2D eigenvalue weighted by Crippen LogP contribution is 2.20. The van der Waals surface area contributed by atoms with Gasteiger partial charge in [0.15, 0.2) is 5.11 Å². The molecule has 0 radical (unpaired) electrons. The van der Waals surface area contributed by atoms with Gasteiger partial charge in [-0.15, -0.1) is 0 Å². The topological polar surface area (TPSA) is 64.7 Å². The maximum Gasteiger partial charge on any atom is 0.253 e. The average molecular weight is 439 g/mol. The minimum atomic E-state index is -0.0505. The average Bonchev–Trinajstić information content (AvgIpc) is 2.80. The normalized spacial score (nSPS) is 13.6. The molecule has 1 fully saturated rings. The number of carbonyl (C=O) groups is 2. The summed E-state index contributed by atoms with van der Waals surface area (Å²) in [5, 5.41) is 6.11. The molecule has 6 nitrogen and oxygen atoms in total. The molecule has 7 heteroatoms. The van der Waals surface area contributed by atoms with Crippen molar-refractivity contribution in [2.24, 2.45) is 0 Å². The molecular formula is C24H30N4O2S. The lowest BCUT2D eigenvalue weighted by atomic mass is 10.1. The smallest absolute Gasteiger partial charge is 0.253 e. The van der Waals surface area contributed by atoms with Gasteiger partial charge in [0.25, 0.3) is 5.91 Å². The van der Waals surface area contributed by atoms with E-state index in [-0.39, 0.29) is 11.8 Å². The zero-order chi connectivity index (χ0) is 22.1. The molecule has 164 valence electrons. The summed E-state index contributed by atoms with van der Waals surface area (Å²) in [6, 6.07) is 17.4. The number of thiocarbonyl (C=S) groups is 1. The molecule has 1 aliphatic heterocycles. The summed E-state index contributed by atoms with van der Waals surface area (Å²) in [6.07, 6.45) is 3.50. The largest absolute Gasteiger partial charge is 0.368 e. The number of hydrogen-bond acceptors (Lipinski definition) is 4. The Balaban J connectivity index is 1.46. The lowest BCUT2D eigenvalue weighted by molar-refractivity contribution is -0.119. The Morgan fingerprint density at radius 2 is 1.61 bits per heavy atom. The Hall–Kier alpha value is -2.93. The van der Waals surface area contributed by atoms with Gasteiger partial charge >= 0.3 is 0 Å². The molecule has 0 aliphatic carbocycles. The minimum Gasteiger partial charge on any atom is -0.368 e. The number of nitrogens with one attached hydrogen (secondary N) is 2. The van der Waals surface area contributed by atoms with Crippen LogP contribution in [0.1, 0.15) is 43.0 Å². The maximum absolute atomic E-state index is 12.6. The van der Waals surface area contributed by atoms with E-state index < -0.39 is 0 Å². The first-order valence-corrected chi connectivity index (χ1v) is 11.3. The van der Waals surface area contributed by atoms with Crippen molar-refractivity contribution in [3.63, 3.8) is 0 Å². The second-order valence-electron chi connectivity index (χ2n) is 7.65. The molecule has 0 aromatic heterocycles. The monoisotopic (exact) mass is 438 g/mol. The fourth-order valence-electron chi connectivity index (χ4n) is 3.57. The molecule has 2 aromatic rings. The predicted octanol–water partition coefficient (Wildman–Crippen LogP) is 4.04. The molecule has 3 rings (SSSR count). The summed E-state index contributed by atoms with van der Waals surface area (Å²) >= 11 is 5.24. The van der Waals surface area contributed by atoms with Crippen molar-refractivity contribution >= 4 is 40.5 Å². The SMILES string of the molecule is CCCCCC(=O)NC(=S)Nc1ccc(N2CCN(C(=O)c3ccccc3)CC2)cc1. The zero-order valence-corrected chi connectivity index (χ0v) is 18.8. The molecule has 2 aromatic carbocycles. The van der Waals surface area contributed by atoms with Crippen molar-refractivity contribution < 1.29 is 9.59 Å². The highest BCUT2D eigenvalue weighted by molar-refractivity contribution is 7.80. The van der Waals surface area contributed by atoms with Gasteiger partial charge in [0.1, 0.15) is 0 Å². The third-order valence-electron chi connectivity index (χ3n) is 5.34. The lowest BCUT2D eigenvalue weighted by Crippen LogP contribution is -2.48. The van der Waals surface area contributed by atoms with Gasteiger partial charge in [-0.05, 0) is 55.0 Å². The number of carbonyl (C=O) groups excluding carboxylic acids is 2. The highest BCUT2D eigenvalue weighted by Gasteiger charge is 2.22. The van der Waals surface area contributed by atoms with Crippen LogP contribution in [0.2, 0.25) is 0 Å². The van der Waals surface area contributed by atoms with E-state index in [1.165, 1.54) is 0 Å². The van der Waals surface area contributed by atoms with E-state index in [9.17, 15) is 9.59 Å². The molecule has 1 heterocycles. The molecule has 0 atom stereocenters. The van der Waals surface area contributed by atoms with E-state index in [1.807, 2.05) is 59.5 Å². The first-order chi connectivity index (χ1) is 15.1. The number of benzene rings is 2. The van der Waals surface area contributed by atoms with Gasteiger partial charge in [0.2, 0.25) is 5.91 Å². The van der Waals surface area contributed by atoms with Gasteiger partial charge in [-0.1, -0.05) is 38.0 Å². The van der Waals surface area contributed by atoms with Gasteiger partial charge in [0, 0.05) is 49.5 Å². The summed E-state index contributed by atoms with van der Waals surface area (Å²) in [4.78, 5) is 28.6. The van der Waals surface area contributed by atoms with E-state index in [4.69, 9.17) is 12.2 Å². The molecule has 0 spiro atoms. The molecule has 1 saturated heterocycles. The second-order valence-corrected chi connectivity index (χ2v) is 8.06. The van der Waals surface area contributed by atoms with Crippen molar-refractivity contribution in [3.8, 4) is 0 Å². The summed E-state index contributed by atoms with van der Waals surface area (Å²) in [6.45, 7) is 5.08. The van der Waals surface area contributed by atoms with Crippen LogP contribution in [0.4, 0.5) is 11.4 Å². The molecule has 0 unspecified atom stereocenters. The minimum absolute atomic E-state index is 0.0505. The number of rotatable bonds is 7. The van der Waals surface area contributed by atoms with Crippen LogP contribution in [-0.4, -0.2) is 48.0 Å². The number of hydrogen-bond donors (Lipinski definition) is 2. The van der Waals surface area contributed by atoms with Gasteiger partial charge in [-0.3, -0.25) is 9.59 Å². The van der Waals surface area contributed by atoms with Crippen molar-refractivity contribution in [2.75, 3.05) is 36.4 Å². The third kappa shape index (κ3) is 6.79. The molecule has 2 N–H and O–H groups in total. The number of unbranched alkanes of at least 4 members (excludes halogenated alkanes) is 2. The van der Waals surface area contributed by atoms with E-state index >= 15 is 0 Å². The fourth-order valence-corrected chi connectivity index (χ4v) is 3.81. The van der Waals surface area contributed by atoms with Crippen LogP contribution in [-0.2, 0) is 4.79 Å². The number of amides is 2. The van der Waals surface area contributed by atoms with Crippen molar-refractivity contribution in [1.82, 2.24) is 10.2 Å². The Kier molecular flexibility index (Phi) is 8.41. The highest BCUT2D eigenvalue weighted by atomic mass is 32.1. The quantitative estimate of drug-likeness (QED) is 0.505. The number of anilines is 2. The van der Waals surface area contributed by atoms with E-state index in [0.717, 1.165) is 49.3 Å². The molecule has 0 bridgehead atoms. The summed E-state index contributed by atoms with van der Waals surface area (Å²) in [5.74, 6) is 0.0375. The Morgan fingerprint density at radius 3 is 2.26 bits per heavy atom. The molecular weight excluding hydrogens is 408 g/mol. The third-order valence-corrected chi connectivity index (χ3v) is 5.54. The lowest BCUT2D eigenvalue weighted by Gasteiger charge is -2.36. The first-order valence-electron chi connectivity index (χ1n) is 10.9. The van der Waals surface area contributed by atoms with Crippen LogP contribution >= 0.6 is 12.2 Å². The molecule has 2 amide bonds. The van der Waals surface area contributed by atoms with Gasteiger partial charge in [-0.2, -0.15) is 0 Å². The number of nitrogens with zero attached hydrogens (tertiary/aromatic N) is 2. The maximum atomic E-state index is 12.6. The Labute approximate surface area is 189 Å². The van der Waals surface area contributed by atoms with Gasteiger partial charge < -0.3 is 20.4 Å². The molecule has 0 saturated carbocycles. The fraction of sp³-hybridized carbons (Fsp3) is 0.375. The van der Waals surface area contributed by atoms with Crippen LogP contribution in [0.25, 0.3) is 0 Å². The van der Waals surface area contributed by atoms with Gasteiger partial charge in [-0.25, -0.2) is 0 Å². The molecule has 31 heavy (non-hydrogen) atoms. The van der Waals surface area contributed by atoms with E-state index in [1.54, 1.807) is 0 Å². The van der Waals surface area contributed by atoms with Crippen molar-refractivity contribution in [2.45, 2.75) is 32.6 Å². The summed E-state index contributed by atoms with van der Waals surface area (Å²) < 4.78 is 0. The Morgan fingerprint density at radius 1 is 0.935 bits per heavy atom. The van der Waals surface area contributed by atoms with Crippen LogP contribution in [0, 0.1) is 0 Å². The van der Waals surface area contributed by atoms with Crippen LogP contribution in [0.5, 0.6) is 0 Å². The summed E-state index contributed by atoms with van der Waals surface area (Å²) in [5.41, 5.74) is 2.67. The van der Waals surface area contributed by atoms with Crippen LogP contribution in [0.15, 0.2) is 54.6 Å². The van der Waals surface area contributed by atoms with E-state index in [0.29, 0.717) is 24.6 Å². The van der Waals surface area contributed by atoms with Crippen molar-refractivity contribution in [3.05, 3.63) is 60.2 Å². The first kappa shape index (κ1) is 22.7.